The number of carbonyl (C=O) groups is 2. The van der Waals surface area contributed by atoms with E-state index in [4.69, 9.17) is 5.11 Å². The first-order chi connectivity index (χ1) is 14.0. The fourth-order valence-corrected chi connectivity index (χ4v) is 4.19. The molecule has 1 unspecified atom stereocenters. The van der Waals surface area contributed by atoms with Gasteiger partial charge in [-0.2, -0.15) is 0 Å². The van der Waals surface area contributed by atoms with E-state index in [0.717, 1.165) is 57.0 Å². The maximum atomic E-state index is 11.9. The van der Waals surface area contributed by atoms with E-state index in [1.807, 2.05) is 23.2 Å². The number of aliphatic hydroxyl groups is 1. The molecule has 2 aromatic rings. The standard InChI is InChI=1S/C23H32N2O4/c26-19(12-10-17-16-24-21-8-5-4-7-20(17)21)13-11-18-15-22(27)25(18)14-6-2-1-3-9-23(28)29/h4-5,7-8,16,18-19,24,26H,1-3,6,9-15H2,(H,28,29)/t18-,19?/m0/s1. The summed E-state index contributed by atoms with van der Waals surface area (Å²) in [6.07, 6.45) is 9.10. The molecule has 3 rings (SSSR count). The van der Waals surface area contributed by atoms with Crippen molar-refractivity contribution in [3.63, 3.8) is 0 Å². The summed E-state index contributed by atoms with van der Waals surface area (Å²) in [5, 5.41) is 20.3. The van der Waals surface area contributed by atoms with Crippen LogP contribution in [0.25, 0.3) is 10.9 Å². The highest BCUT2D eigenvalue weighted by atomic mass is 16.4. The number of carbonyl (C=O) groups excluding carboxylic acids is 1. The highest BCUT2D eigenvalue weighted by molar-refractivity contribution is 5.83. The number of aliphatic hydroxyl groups excluding tert-OH is 1. The highest BCUT2D eigenvalue weighted by Crippen LogP contribution is 2.26. The average Bonchev–Trinajstić information content (AvgIpc) is 3.11. The molecule has 1 amide bonds. The van der Waals surface area contributed by atoms with E-state index in [1.165, 1.54) is 10.9 Å². The lowest BCUT2D eigenvalue weighted by molar-refractivity contribution is -0.146. The van der Waals surface area contributed by atoms with Gasteiger partial charge in [-0.3, -0.25) is 9.59 Å². The minimum absolute atomic E-state index is 0.203. The predicted molar refractivity (Wildman–Crippen MR) is 113 cm³/mol. The quantitative estimate of drug-likeness (QED) is 0.351. The van der Waals surface area contributed by atoms with Crippen LogP contribution in [0.15, 0.2) is 30.5 Å². The van der Waals surface area contributed by atoms with Crippen molar-refractivity contribution in [1.82, 2.24) is 9.88 Å². The number of unbranched alkanes of at least 4 members (excludes halogenated alkanes) is 3. The van der Waals surface area contributed by atoms with Crippen molar-refractivity contribution < 1.29 is 19.8 Å². The summed E-state index contributed by atoms with van der Waals surface area (Å²) in [5.74, 6) is -0.542. The van der Waals surface area contributed by atoms with E-state index in [2.05, 4.69) is 17.1 Å². The van der Waals surface area contributed by atoms with Crippen LogP contribution >= 0.6 is 0 Å². The number of fused-ring (bicyclic) bond motifs is 1. The predicted octanol–water partition coefficient (Wildman–Crippen LogP) is 3.88. The van der Waals surface area contributed by atoms with Crippen LogP contribution in [-0.2, 0) is 16.0 Å². The zero-order chi connectivity index (χ0) is 20.6. The van der Waals surface area contributed by atoms with Crippen molar-refractivity contribution in [2.45, 2.75) is 76.4 Å². The van der Waals surface area contributed by atoms with Gasteiger partial charge in [-0.1, -0.05) is 31.0 Å². The Morgan fingerprint density at radius 3 is 2.76 bits per heavy atom. The molecule has 158 valence electrons. The lowest BCUT2D eigenvalue weighted by atomic mass is 9.93. The number of aromatic nitrogens is 1. The summed E-state index contributed by atoms with van der Waals surface area (Å²) in [6, 6.07) is 8.46. The van der Waals surface area contributed by atoms with Crippen molar-refractivity contribution >= 4 is 22.8 Å². The monoisotopic (exact) mass is 400 g/mol. The Bertz CT molecular complexity index is 816. The summed E-state index contributed by atoms with van der Waals surface area (Å²) in [6.45, 7) is 0.752. The normalized spacial score (nSPS) is 17.5. The minimum Gasteiger partial charge on any atom is -0.481 e. The van der Waals surface area contributed by atoms with Crippen molar-refractivity contribution in [2.75, 3.05) is 6.54 Å². The fraction of sp³-hybridized carbons (Fsp3) is 0.565. The number of carboxylic acid groups (broad SMARTS) is 1. The number of β-lactam (4-membered cyclic amide) rings is 1. The van der Waals surface area contributed by atoms with Gasteiger partial charge in [-0.05, 0) is 50.2 Å². The van der Waals surface area contributed by atoms with Crippen molar-refractivity contribution in [1.29, 1.82) is 0 Å². The number of aromatic amines is 1. The van der Waals surface area contributed by atoms with Crippen LogP contribution in [0.2, 0.25) is 0 Å². The van der Waals surface area contributed by atoms with Crippen LogP contribution in [0, 0.1) is 0 Å². The molecule has 1 fully saturated rings. The highest BCUT2D eigenvalue weighted by Gasteiger charge is 2.35. The minimum atomic E-state index is -0.744. The van der Waals surface area contributed by atoms with Crippen LogP contribution in [0.5, 0.6) is 0 Å². The number of amides is 1. The summed E-state index contributed by atoms with van der Waals surface area (Å²) >= 11 is 0. The van der Waals surface area contributed by atoms with E-state index >= 15 is 0 Å². The zero-order valence-corrected chi connectivity index (χ0v) is 17.0. The van der Waals surface area contributed by atoms with E-state index in [9.17, 15) is 14.7 Å². The third-order valence-corrected chi connectivity index (χ3v) is 5.97. The van der Waals surface area contributed by atoms with Gasteiger partial charge >= 0.3 is 5.97 Å². The van der Waals surface area contributed by atoms with Gasteiger partial charge < -0.3 is 20.1 Å². The van der Waals surface area contributed by atoms with Crippen LogP contribution in [0.1, 0.15) is 63.4 Å². The third kappa shape index (κ3) is 6.07. The SMILES string of the molecule is O=C(O)CCCCCCN1C(=O)C[C@@H]1CCC(O)CCc1c[nH]c2ccccc12. The molecule has 1 saturated heterocycles. The van der Waals surface area contributed by atoms with Crippen LogP contribution in [0.3, 0.4) is 0 Å². The number of nitrogens with one attached hydrogen (secondary N) is 1. The number of carboxylic acids is 1. The topological polar surface area (TPSA) is 93.6 Å². The number of hydrogen-bond acceptors (Lipinski definition) is 3. The molecule has 0 bridgehead atoms. The summed E-state index contributed by atoms with van der Waals surface area (Å²) in [7, 11) is 0. The molecular formula is C23H32N2O4. The summed E-state index contributed by atoms with van der Waals surface area (Å²) < 4.78 is 0. The van der Waals surface area contributed by atoms with Gasteiger partial charge in [-0.25, -0.2) is 0 Å². The lowest BCUT2D eigenvalue weighted by Crippen LogP contribution is -2.53. The summed E-state index contributed by atoms with van der Waals surface area (Å²) in [5.41, 5.74) is 2.37. The van der Waals surface area contributed by atoms with Crippen molar-refractivity contribution in [2.24, 2.45) is 0 Å². The number of aryl methyl sites for hydroxylation is 1. The van der Waals surface area contributed by atoms with Crippen LogP contribution in [0.4, 0.5) is 0 Å². The van der Waals surface area contributed by atoms with Crippen molar-refractivity contribution in [3.8, 4) is 0 Å². The van der Waals surface area contributed by atoms with Gasteiger partial charge in [0, 0.05) is 42.5 Å². The average molecular weight is 401 g/mol. The number of rotatable bonds is 13. The third-order valence-electron chi connectivity index (χ3n) is 5.97. The summed E-state index contributed by atoms with van der Waals surface area (Å²) in [4.78, 5) is 27.6. The van der Waals surface area contributed by atoms with Crippen LogP contribution < -0.4 is 0 Å². The van der Waals surface area contributed by atoms with E-state index < -0.39 is 5.97 Å². The Morgan fingerprint density at radius 2 is 1.97 bits per heavy atom. The second-order valence-corrected chi connectivity index (χ2v) is 8.13. The molecule has 1 aromatic carbocycles. The van der Waals surface area contributed by atoms with Crippen LogP contribution in [-0.4, -0.2) is 50.7 Å². The zero-order valence-electron chi connectivity index (χ0n) is 17.0. The molecule has 6 nitrogen and oxygen atoms in total. The first-order valence-electron chi connectivity index (χ1n) is 10.8. The molecule has 0 saturated carbocycles. The lowest BCUT2D eigenvalue weighted by Gasteiger charge is -2.41. The largest absolute Gasteiger partial charge is 0.481 e. The van der Waals surface area contributed by atoms with Gasteiger partial charge in [0.2, 0.25) is 5.91 Å². The number of benzene rings is 1. The van der Waals surface area contributed by atoms with Gasteiger partial charge in [0.25, 0.3) is 0 Å². The maximum absolute atomic E-state index is 11.9. The number of hydrogen-bond donors (Lipinski definition) is 3. The van der Waals surface area contributed by atoms with Gasteiger partial charge in [0.15, 0.2) is 0 Å². The molecular weight excluding hydrogens is 368 g/mol. The molecule has 2 heterocycles. The number of nitrogens with zero attached hydrogens (tertiary/aromatic N) is 1. The first-order valence-corrected chi connectivity index (χ1v) is 10.8. The number of para-hydroxylation sites is 1. The van der Waals surface area contributed by atoms with Gasteiger partial charge in [0.1, 0.15) is 0 Å². The molecule has 3 N–H and O–H groups in total. The molecule has 0 aliphatic carbocycles. The molecule has 2 atom stereocenters. The Balaban J connectivity index is 1.32. The number of aliphatic carboxylic acids is 1. The fourth-order valence-electron chi connectivity index (χ4n) is 4.19. The van der Waals surface area contributed by atoms with Crippen molar-refractivity contribution in [3.05, 3.63) is 36.0 Å². The molecule has 1 aromatic heterocycles. The Labute approximate surface area is 171 Å². The smallest absolute Gasteiger partial charge is 0.303 e. The second-order valence-electron chi connectivity index (χ2n) is 8.13. The Kier molecular flexibility index (Phi) is 7.69. The molecule has 0 radical (unpaired) electrons. The number of likely N-dealkylation sites (tertiary alicyclic amines) is 1. The van der Waals surface area contributed by atoms with E-state index in [0.29, 0.717) is 12.8 Å². The maximum Gasteiger partial charge on any atom is 0.303 e. The van der Waals surface area contributed by atoms with Gasteiger partial charge in [0.05, 0.1) is 6.10 Å². The Hall–Kier alpha value is -2.34. The molecule has 0 spiro atoms. The molecule has 1 aliphatic heterocycles. The molecule has 29 heavy (non-hydrogen) atoms. The molecule has 6 heteroatoms. The molecule has 1 aliphatic rings. The van der Waals surface area contributed by atoms with E-state index in [-0.39, 0.29) is 24.5 Å². The van der Waals surface area contributed by atoms with Gasteiger partial charge in [-0.15, -0.1) is 0 Å². The Morgan fingerprint density at radius 1 is 1.17 bits per heavy atom. The number of H-pyrrole nitrogens is 1. The van der Waals surface area contributed by atoms with E-state index in [1.54, 1.807) is 0 Å². The first kappa shape index (κ1) is 21.4. The second kappa shape index (κ2) is 10.4.